The molecule has 0 fully saturated rings. The molecule has 0 radical (unpaired) electrons. The van der Waals surface area contributed by atoms with Crippen LogP contribution in [0.5, 0.6) is 11.5 Å². The van der Waals surface area contributed by atoms with E-state index >= 15 is 0 Å². The van der Waals surface area contributed by atoms with Gasteiger partial charge in [0.25, 0.3) is 0 Å². The average molecular weight is 337 g/mol. The lowest BCUT2D eigenvalue weighted by Gasteiger charge is -2.19. The Morgan fingerprint density at radius 1 is 1.09 bits per heavy atom. The molecule has 0 atom stereocenters. The lowest BCUT2D eigenvalue weighted by atomic mass is 10.1. The Kier molecular flexibility index (Phi) is 4.23. The molecule has 7 heteroatoms. The Labute approximate surface area is 134 Å². The van der Waals surface area contributed by atoms with E-state index in [1.54, 1.807) is 25.1 Å². The summed E-state index contributed by atoms with van der Waals surface area (Å²) in [5.41, 5.74) is 1.16. The molecule has 3 rings (SSSR count). The van der Waals surface area contributed by atoms with Crippen LogP contribution < -0.4 is 14.2 Å². The summed E-state index contributed by atoms with van der Waals surface area (Å²) in [7, 11) is -3.69. The van der Waals surface area contributed by atoms with Crippen LogP contribution in [0.3, 0.4) is 0 Å². The van der Waals surface area contributed by atoms with Crippen molar-refractivity contribution in [1.29, 1.82) is 0 Å². The molecule has 1 N–H and O–H groups in total. The van der Waals surface area contributed by atoms with Gasteiger partial charge in [0.1, 0.15) is 19.0 Å². The molecule has 5 nitrogen and oxygen atoms in total. The summed E-state index contributed by atoms with van der Waals surface area (Å²) in [6, 6.07) is 8.96. The van der Waals surface area contributed by atoms with Gasteiger partial charge in [-0.15, -0.1) is 0 Å². The van der Waals surface area contributed by atoms with E-state index in [0.29, 0.717) is 35.8 Å². The standard InChI is InChI=1S/C16H16FNO4S/c1-11-8-12(2-4-14(11)17)10-18-23(19,20)13-3-5-15-16(9-13)22-7-6-21-15/h2-5,8-9,18H,6-7,10H2,1H3. The molecular formula is C16H16FNO4S. The number of sulfonamides is 1. The van der Waals surface area contributed by atoms with Gasteiger partial charge in [0, 0.05) is 12.6 Å². The Balaban J connectivity index is 1.77. The van der Waals surface area contributed by atoms with Crippen LogP contribution in [0.15, 0.2) is 41.3 Å². The maximum atomic E-state index is 13.2. The van der Waals surface area contributed by atoms with E-state index in [0.717, 1.165) is 0 Å². The third-order valence-corrected chi connectivity index (χ3v) is 4.91. The largest absolute Gasteiger partial charge is 0.486 e. The van der Waals surface area contributed by atoms with Crippen molar-refractivity contribution < 1.29 is 22.3 Å². The van der Waals surface area contributed by atoms with E-state index in [2.05, 4.69) is 4.72 Å². The van der Waals surface area contributed by atoms with Crippen LogP contribution in [0.4, 0.5) is 4.39 Å². The lowest BCUT2D eigenvalue weighted by molar-refractivity contribution is 0.171. The second-order valence-electron chi connectivity index (χ2n) is 5.21. The second kappa shape index (κ2) is 6.17. The van der Waals surface area contributed by atoms with E-state index in [1.165, 1.54) is 18.2 Å². The van der Waals surface area contributed by atoms with E-state index in [-0.39, 0.29) is 17.3 Å². The predicted octanol–water partition coefficient (Wildman–Crippen LogP) is 2.38. The van der Waals surface area contributed by atoms with Crippen LogP contribution in [0, 0.1) is 12.7 Å². The fourth-order valence-electron chi connectivity index (χ4n) is 2.27. The number of hydrogen-bond acceptors (Lipinski definition) is 4. The normalized spacial score (nSPS) is 13.8. The first kappa shape index (κ1) is 15.8. The molecule has 1 heterocycles. The highest BCUT2D eigenvalue weighted by atomic mass is 32.2. The van der Waals surface area contributed by atoms with Crippen molar-refractivity contribution in [2.75, 3.05) is 13.2 Å². The first-order valence-corrected chi connectivity index (χ1v) is 8.58. The minimum absolute atomic E-state index is 0.0812. The Hall–Kier alpha value is -2.12. The summed E-state index contributed by atoms with van der Waals surface area (Å²) < 4.78 is 51.2. The molecule has 2 aromatic carbocycles. The zero-order valence-corrected chi connectivity index (χ0v) is 13.3. The van der Waals surface area contributed by atoms with E-state index < -0.39 is 10.0 Å². The van der Waals surface area contributed by atoms with Gasteiger partial charge in [0.15, 0.2) is 11.5 Å². The number of ether oxygens (including phenoxy) is 2. The quantitative estimate of drug-likeness (QED) is 0.930. The van der Waals surface area contributed by atoms with Gasteiger partial charge in [0.05, 0.1) is 4.90 Å². The minimum Gasteiger partial charge on any atom is -0.486 e. The summed E-state index contributed by atoms with van der Waals surface area (Å²) in [5, 5.41) is 0. The summed E-state index contributed by atoms with van der Waals surface area (Å²) in [4.78, 5) is 0.0978. The molecule has 0 aromatic heterocycles. The second-order valence-corrected chi connectivity index (χ2v) is 6.98. The SMILES string of the molecule is Cc1cc(CNS(=O)(=O)c2ccc3c(c2)OCCO3)ccc1F. The third-order valence-electron chi connectivity index (χ3n) is 3.51. The maximum absolute atomic E-state index is 13.2. The molecule has 0 unspecified atom stereocenters. The molecule has 0 saturated heterocycles. The van der Waals surface area contributed by atoms with Gasteiger partial charge < -0.3 is 9.47 Å². The van der Waals surface area contributed by atoms with Crippen molar-refractivity contribution in [1.82, 2.24) is 4.72 Å². The first-order chi connectivity index (χ1) is 11.0. The van der Waals surface area contributed by atoms with Crippen LogP contribution in [0.2, 0.25) is 0 Å². The fraction of sp³-hybridized carbons (Fsp3) is 0.250. The molecule has 0 bridgehead atoms. The van der Waals surface area contributed by atoms with Gasteiger partial charge in [-0.2, -0.15) is 0 Å². The van der Waals surface area contributed by atoms with Gasteiger partial charge in [-0.05, 0) is 36.2 Å². The minimum atomic E-state index is -3.69. The van der Waals surface area contributed by atoms with Gasteiger partial charge in [0.2, 0.25) is 10.0 Å². The van der Waals surface area contributed by atoms with E-state index in [4.69, 9.17) is 9.47 Å². The van der Waals surface area contributed by atoms with Crippen LogP contribution >= 0.6 is 0 Å². The summed E-state index contributed by atoms with van der Waals surface area (Å²) in [6.45, 7) is 2.55. The number of rotatable bonds is 4. The van der Waals surface area contributed by atoms with Crippen molar-refractivity contribution in [3.05, 3.63) is 53.3 Å². The Morgan fingerprint density at radius 2 is 1.83 bits per heavy atom. The smallest absolute Gasteiger partial charge is 0.241 e. The predicted molar refractivity (Wildman–Crippen MR) is 82.6 cm³/mol. The third kappa shape index (κ3) is 3.46. The highest BCUT2D eigenvalue weighted by Crippen LogP contribution is 2.32. The number of fused-ring (bicyclic) bond motifs is 1. The molecule has 122 valence electrons. The number of hydrogen-bond donors (Lipinski definition) is 1. The van der Waals surface area contributed by atoms with Gasteiger partial charge in [-0.3, -0.25) is 0 Å². The van der Waals surface area contributed by atoms with Crippen molar-refractivity contribution in [2.24, 2.45) is 0 Å². The van der Waals surface area contributed by atoms with Crippen LogP contribution in [-0.4, -0.2) is 21.6 Å². The topological polar surface area (TPSA) is 64.6 Å². The lowest BCUT2D eigenvalue weighted by Crippen LogP contribution is -2.24. The zero-order valence-electron chi connectivity index (χ0n) is 12.5. The van der Waals surface area contributed by atoms with Gasteiger partial charge >= 0.3 is 0 Å². The van der Waals surface area contributed by atoms with Gasteiger partial charge in [-0.1, -0.05) is 12.1 Å². The molecule has 1 aliphatic rings. The fourth-order valence-corrected chi connectivity index (χ4v) is 3.30. The van der Waals surface area contributed by atoms with Crippen molar-refractivity contribution in [3.63, 3.8) is 0 Å². The number of benzene rings is 2. The molecule has 1 aliphatic heterocycles. The molecule has 0 spiro atoms. The summed E-state index contributed by atoms with van der Waals surface area (Å²) in [6.07, 6.45) is 0. The van der Waals surface area contributed by atoms with Crippen LogP contribution in [0.25, 0.3) is 0 Å². The summed E-state index contributed by atoms with van der Waals surface area (Å²) >= 11 is 0. The summed E-state index contributed by atoms with van der Waals surface area (Å²) in [5.74, 6) is 0.629. The average Bonchev–Trinajstić information content (AvgIpc) is 2.55. The molecule has 2 aromatic rings. The molecule has 23 heavy (non-hydrogen) atoms. The van der Waals surface area contributed by atoms with Crippen LogP contribution in [-0.2, 0) is 16.6 Å². The number of halogens is 1. The number of aryl methyl sites for hydroxylation is 1. The highest BCUT2D eigenvalue weighted by Gasteiger charge is 2.19. The maximum Gasteiger partial charge on any atom is 0.241 e. The molecule has 0 saturated carbocycles. The number of nitrogens with one attached hydrogen (secondary N) is 1. The first-order valence-electron chi connectivity index (χ1n) is 7.10. The molecule has 0 amide bonds. The van der Waals surface area contributed by atoms with E-state index in [9.17, 15) is 12.8 Å². The van der Waals surface area contributed by atoms with Gasteiger partial charge in [-0.25, -0.2) is 17.5 Å². The van der Waals surface area contributed by atoms with Crippen molar-refractivity contribution >= 4 is 10.0 Å². The Bertz CT molecular complexity index is 836. The van der Waals surface area contributed by atoms with Crippen molar-refractivity contribution in [3.8, 4) is 11.5 Å². The van der Waals surface area contributed by atoms with E-state index in [1.807, 2.05) is 0 Å². The van der Waals surface area contributed by atoms with Crippen molar-refractivity contribution in [2.45, 2.75) is 18.4 Å². The highest BCUT2D eigenvalue weighted by molar-refractivity contribution is 7.89. The molecule has 0 aliphatic carbocycles. The monoisotopic (exact) mass is 337 g/mol. The molecular weight excluding hydrogens is 321 g/mol. The van der Waals surface area contributed by atoms with Crippen LogP contribution in [0.1, 0.15) is 11.1 Å². The Morgan fingerprint density at radius 3 is 2.57 bits per heavy atom. The zero-order chi connectivity index (χ0) is 16.4.